The molecule has 2 aromatic rings. The Balaban J connectivity index is 2.08. The lowest BCUT2D eigenvalue weighted by Gasteiger charge is -2.07. The first-order valence-corrected chi connectivity index (χ1v) is 6.39. The molecule has 0 heteroatoms. The van der Waals surface area contributed by atoms with Gasteiger partial charge in [-0.15, -0.1) is 0 Å². The van der Waals surface area contributed by atoms with Crippen LogP contribution in [0.15, 0.2) is 36.4 Å². The molecule has 1 aliphatic rings. The zero-order valence-electron chi connectivity index (χ0n) is 10.6. The molecule has 1 aliphatic carbocycles. The molecule has 17 heavy (non-hydrogen) atoms. The van der Waals surface area contributed by atoms with Crippen LogP contribution in [0, 0.1) is 13.8 Å². The van der Waals surface area contributed by atoms with Crippen molar-refractivity contribution >= 4 is 0 Å². The summed E-state index contributed by atoms with van der Waals surface area (Å²) in [6.07, 6.45) is 3.48. The van der Waals surface area contributed by atoms with E-state index in [1.807, 2.05) is 0 Å². The van der Waals surface area contributed by atoms with Gasteiger partial charge in [-0.3, -0.25) is 0 Å². The standard InChI is InChI=1S/C17H18/c1-12-4-6-16-11-17-10-13(2)3-5-14(17)7-8-15(16)9-12/h3-6,9-10H,7-8,11H2,1-2H3. The highest BCUT2D eigenvalue weighted by molar-refractivity contribution is 5.43. The zero-order chi connectivity index (χ0) is 11.8. The van der Waals surface area contributed by atoms with E-state index in [1.165, 1.54) is 40.7 Å². The molecular formula is C17H18. The predicted molar refractivity (Wildman–Crippen MR) is 72.6 cm³/mol. The van der Waals surface area contributed by atoms with Crippen molar-refractivity contribution in [2.75, 3.05) is 0 Å². The molecule has 0 aromatic heterocycles. The molecule has 2 aromatic carbocycles. The molecule has 0 nitrogen and oxygen atoms in total. The summed E-state index contributed by atoms with van der Waals surface area (Å²) in [6.45, 7) is 4.36. The minimum Gasteiger partial charge on any atom is -0.0590 e. The van der Waals surface area contributed by atoms with E-state index in [9.17, 15) is 0 Å². The third kappa shape index (κ3) is 2.00. The highest BCUT2D eigenvalue weighted by Gasteiger charge is 2.12. The maximum Gasteiger partial charge on any atom is -0.00202 e. The molecule has 0 radical (unpaired) electrons. The Morgan fingerprint density at radius 1 is 0.647 bits per heavy atom. The summed E-state index contributed by atoms with van der Waals surface area (Å²) in [7, 11) is 0. The second-order valence-electron chi connectivity index (χ2n) is 5.22. The largest absolute Gasteiger partial charge is 0.0590 e. The highest BCUT2D eigenvalue weighted by atomic mass is 14.2. The van der Waals surface area contributed by atoms with Gasteiger partial charge in [0, 0.05) is 0 Å². The fourth-order valence-electron chi connectivity index (χ4n) is 2.80. The van der Waals surface area contributed by atoms with Crippen LogP contribution >= 0.6 is 0 Å². The molecule has 0 spiro atoms. The Labute approximate surface area is 103 Å². The molecule has 0 N–H and O–H groups in total. The van der Waals surface area contributed by atoms with Gasteiger partial charge in [-0.05, 0) is 55.4 Å². The second-order valence-corrected chi connectivity index (χ2v) is 5.22. The average Bonchev–Trinajstić information content (AvgIpc) is 2.47. The fraction of sp³-hybridized carbons (Fsp3) is 0.294. The van der Waals surface area contributed by atoms with Crippen molar-refractivity contribution in [1.29, 1.82) is 0 Å². The van der Waals surface area contributed by atoms with Gasteiger partial charge in [0.2, 0.25) is 0 Å². The van der Waals surface area contributed by atoms with Gasteiger partial charge < -0.3 is 0 Å². The van der Waals surface area contributed by atoms with E-state index >= 15 is 0 Å². The quantitative estimate of drug-likeness (QED) is 0.632. The van der Waals surface area contributed by atoms with Gasteiger partial charge >= 0.3 is 0 Å². The highest BCUT2D eigenvalue weighted by Crippen LogP contribution is 2.25. The van der Waals surface area contributed by atoms with Crippen LogP contribution in [0.5, 0.6) is 0 Å². The van der Waals surface area contributed by atoms with E-state index in [4.69, 9.17) is 0 Å². The Morgan fingerprint density at radius 3 is 2.00 bits per heavy atom. The molecule has 0 saturated heterocycles. The van der Waals surface area contributed by atoms with Crippen LogP contribution < -0.4 is 0 Å². The van der Waals surface area contributed by atoms with Gasteiger partial charge in [0.15, 0.2) is 0 Å². The number of hydrogen-bond acceptors (Lipinski definition) is 0. The molecule has 0 bridgehead atoms. The molecule has 0 heterocycles. The summed E-state index contributed by atoms with van der Waals surface area (Å²) in [4.78, 5) is 0. The Bertz CT molecular complexity index is 564. The molecule has 0 amide bonds. The topological polar surface area (TPSA) is 0 Å². The number of fused-ring (bicyclic) bond motifs is 2. The molecule has 0 unspecified atom stereocenters. The molecule has 0 fully saturated rings. The summed E-state index contributed by atoms with van der Waals surface area (Å²) in [5.74, 6) is 0. The van der Waals surface area contributed by atoms with E-state index < -0.39 is 0 Å². The lowest BCUT2D eigenvalue weighted by Crippen LogP contribution is -1.93. The smallest absolute Gasteiger partial charge is 0.00202 e. The minimum absolute atomic E-state index is 1.10. The van der Waals surface area contributed by atoms with Crippen molar-refractivity contribution in [3.05, 3.63) is 69.8 Å². The fourth-order valence-corrected chi connectivity index (χ4v) is 2.80. The van der Waals surface area contributed by atoms with E-state index in [1.54, 1.807) is 5.56 Å². The van der Waals surface area contributed by atoms with Crippen molar-refractivity contribution in [3.63, 3.8) is 0 Å². The van der Waals surface area contributed by atoms with Gasteiger partial charge in [0.05, 0.1) is 0 Å². The first-order valence-electron chi connectivity index (χ1n) is 6.39. The van der Waals surface area contributed by atoms with Crippen LogP contribution in [0.1, 0.15) is 33.4 Å². The van der Waals surface area contributed by atoms with Crippen LogP contribution in [0.25, 0.3) is 0 Å². The third-order valence-electron chi connectivity index (χ3n) is 3.77. The van der Waals surface area contributed by atoms with E-state index in [0.29, 0.717) is 0 Å². The van der Waals surface area contributed by atoms with Gasteiger partial charge in [0.1, 0.15) is 0 Å². The molecule has 0 atom stereocenters. The lowest BCUT2D eigenvalue weighted by molar-refractivity contribution is 0.962. The Hall–Kier alpha value is -1.56. The SMILES string of the molecule is Cc1ccc2c(c1)CCc1ccc(C)cc1C2. The molecule has 0 aliphatic heterocycles. The zero-order valence-corrected chi connectivity index (χ0v) is 10.6. The number of aryl methyl sites for hydroxylation is 4. The summed E-state index contributed by atoms with van der Waals surface area (Å²) >= 11 is 0. The maximum atomic E-state index is 2.36. The molecule has 86 valence electrons. The van der Waals surface area contributed by atoms with E-state index in [2.05, 4.69) is 50.2 Å². The van der Waals surface area contributed by atoms with Crippen molar-refractivity contribution in [3.8, 4) is 0 Å². The van der Waals surface area contributed by atoms with Crippen molar-refractivity contribution in [1.82, 2.24) is 0 Å². The summed E-state index contributed by atoms with van der Waals surface area (Å²) in [6, 6.07) is 13.8. The predicted octanol–water partition coefficient (Wildman–Crippen LogP) is 3.99. The van der Waals surface area contributed by atoms with Crippen LogP contribution in [-0.2, 0) is 19.3 Å². The third-order valence-corrected chi connectivity index (χ3v) is 3.77. The molecular weight excluding hydrogens is 204 g/mol. The van der Waals surface area contributed by atoms with Crippen LogP contribution in [0.4, 0.5) is 0 Å². The van der Waals surface area contributed by atoms with Gasteiger partial charge in [0.25, 0.3) is 0 Å². The van der Waals surface area contributed by atoms with Gasteiger partial charge in [-0.1, -0.05) is 47.5 Å². The monoisotopic (exact) mass is 222 g/mol. The Morgan fingerprint density at radius 2 is 1.24 bits per heavy atom. The van der Waals surface area contributed by atoms with Crippen LogP contribution in [-0.4, -0.2) is 0 Å². The normalized spacial score (nSPS) is 13.8. The number of hydrogen-bond donors (Lipinski definition) is 0. The summed E-state index contributed by atoms with van der Waals surface area (Å²) < 4.78 is 0. The molecule has 0 saturated carbocycles. The minimum atomic E-state index is 1.10. The van der Waals surface area contributed by atoms with E-state index in [0.717, 1.165) is 6.42 Å². The average molecular weight is 222 g/mol. The number of rotatable bonds is 0. The van der Waals surface area contributed by atoms with Crippen molar-refractivity contribution in [2.45, 2.75) is 33.1 Å². The second kappa shape index (κ2) is 4.03. The van der Waals surface area contributed by atoms with Crippen molar-refractivity contribution in [2.24, 2.45) is 0 Å². The van der Waals surface area contributed by atoms with Gasteiger partial charge in [-0.25, -0.2) is 0 Å². The molecule has 3 rings (SSSR count). The van der Waals surface area contributed by atoms with Crippen LogP contribution in [0.2, 0.25) is 0 Å². The first kappa shape index (κ1) is 10.6. The van der Waals surface area contributed by atoms with Crippen molar-refractivity contribution < 1.29 is 0 Å². The first-order chi connectivity index (χ1) is 8.22. The number of benzene rings is 2. The van der Waals surface area contributed by atoms with E-state index in [-0.39, 0.29) is 0 Å². The Kier molecular flexibility index (Phi) is 2.51. The summed E-state index contributed by atoms with van der Waals surface area (Å²) in [5, 5.41) is 0. The van der Waals surface area contributed by atoms with Crippen LogP contribution in [0.3, 0.4) is 0 Å². The summed E-state index contributed by atoms with van der Waals surface area (Å²) in [5.41, 5.74) is 8.86. The lowest BCUT2D eigenvalue weighted by atomic mass is 9.98. The maximum absolute atomic E-state index is 2.36. The van der Waals surface area contributed by atoms with Gasteiger partial charge in [-0.2, -0.15) is 0 Å².